The molecule has 6 heteroatoms. The Bertz CT molecular complexity index is 831. The van der Waals surface area contributed by atoms with Crippen molar-refractivity contribution in [3.05, 3.63) is 64.1 Å². The predicted octanol–water partition coefficient (Wildman–Crippen LogP) is 4.78. The van der Waals surface area contributed by atoms with Gasteiger partial charge in [-0.25, -0.2) is 0 Å². The molecule has 1 heterocycles. The van der Waals surface area contributed by atoms with Crippen LogP contribution in [0.2, 0.25) is 0 Å². The maximum atomic E-state index is 12.1. The molecule has 0 amide bonds. The van der Waals surface area contributed by atoms with Crippen LogP contribution in [-0.2, 0) is 0 Å². The van der Waals surface area contributed by atoms with E-state index in [0.717, 1.165) is 15.6 Å². The number of Topliss-reactive ketones (excluding diaryl/α,β-unsaturated/α-hetero) is 1. The highest BCUT2D eigenvalue weighted by Crippen LogP contribution is 2.26. The molecule has 0 radical (unpaired) electrons. The van der Waals surface area contributed by atoms with Gasteiger partial charge in [0.1, 0.15) is 0 Å². The number of carbonyl (C=O) groups is 1. The van der Waals surface area contributed by atoms with E-state index < -0.39 is 0 Å². The second-order valence-corrected chi connectivity index (χ2v) is 6.75. The van der Waals surface area contributed by atoms with Crippen LogP contribution < -0.4 is 0 Å². The lowest BCUT2D eigenvalue weighted by Crippen LogP contribution is -2.01. The van der Waals surface area contributed by atoms with E-state index in [4.69, 9.17) is 4.42 Å². The number of aryl methyl sites for hydroxylation is 1. The maximum Gasteiger partial charge on any atom is 0.277 e. The molecular weight excluding hydrogens is 376 g/mol. The van der Waals surface area contributed by atoms with Crippen molar-refractivity contribution < 1.29 is 9.21 Å². The highest BCUT2D eigenvalue weighted by molar-refractivity contribution is 9.10. The second-order valence-electron chi connectivity index (χ2n) is 4.91. The average molecular weight is 389 g/mol. The smallest absolute Gasteiger partial charge is 0.277 e. The molecule has 0 fully saturated rings. The summed E-state index contributed by atoms with van der Waals surface area (Å²) >= 11 is 4.60. The van der Waals surface area contributed by atoms with Gasteiger partial charge in [0.2, 0.25) is 5.89 Å². The number of thioether (sulfide) groups is 1. The van der Waals surface area contributed by atoms with Gasteiger partial charge >= 0.3 is 0 Å². The van der Waals surface area contributed by atoms with E-state index in [1.807, 2.05) is 43.3 Å². The molecule has 0 atom stereocenters. The fourth-order valence-electron chi connectivity index (χ4n) is 2.04. The van der Waals surface area contributed by atoms with Gasteiger partial charge in [-0.05, 0) is 30.7 Å². The molecule has 0 unspecified atom stereocenters. The Labute approximate surface area is 146 Å². The minimum atomic E-state index is 0.0261. The topological polar surface area (TPSA) is 56.0 Å². The SMILES string of the molecule is Cc1ccccc1-c1nnc(SCC(=O)c2ccc(Br)cc2)o1. The molecule has 0 saturated carbocycles. The largest absolute Gasteiger partial charge is 0.411 e. The molecule has 0 aliphatic heterocycles. The first kappa shape index (κ1) is 16.0. The molecule has 0 saturated heterocycles. The Morgan fingerprint density at radius 1 is 1.13 bits per heavy atom. The van der Waals surface area contributed by atoms with E-state index in [0.29, 0.717) is 16.7 Å². The number of hydrogen-bond donors (Lipinski definition) is 0. The molecule has 116 valence electrons. The summed E-state index contributed by atoms with van der Waals surface area (Å²) in [6.07, 6.45) is 0. The van der Waals surface area contributed by atoms with E-state index >= 15 is 0 Å². The van der Waals surface area contributed by atoms with E-state index in [-0.39, 0.29) is 11.5 Å². The van der Waals surface area contributed by atoms with Crippen LogP contribution >= 0.6 is 27.7 Å². The van der Waals surface area contributed by atoms with E-state index in [9.17, 15) is 4.79 Å². The van der Waals surface area contributed by atoms with Crippen LogP contribution in [0.4, 0.5) is 0 Å². The van der Waals surface area contributed by atoms with Crippen molar-refractivity contribution in [1.29, 1.82) is 0 Å². The van der Waals surface area contributed by atoms with E-state index in [1.165, 1.54) is 11.8 Å². The van der Waals surface area contributed by atoms with Gasteiger partial charge in [-0.2, -0.15) is 0 Å². The van der Waals surface area contributed by atoms with Crippen LogP contribution in [-0.4, -0.2) is 21.7 Å². The first-order valence-corrected chi connectivity index (χ1v) is 8.72. The lowest BCUT2D eigenvalue weighted by atomic mass is 10.1. The second kappa shape index (κ2) is 7.10. The number of carbonyl (C=O) groups excluding carboxylic acids is 1. The monoisotopic (exact) mass is 388 g/mol. The minimum Gasteiger partial charge on any atom is -0.411 e. The molecule has 0 bridgehead atoms. The van der Waals surface area contributed by atoms with Gasteiger partial charge in [0.25, 0.3) is 5.22 Å². The fraction of sp³-hybridized carbons (Fsp3) is 0.118. The molecule has 0 spiro atoms. The van der Waals surface area contributed by atoms with Crippen molar-refractivity contribution in [3.8, 4) is 11.5 Å². The molecule has 0 aliphatic carbocycles. The summed E-state index contributed by atoms with van der Waals surface area (Å²) in [5.74, 6) is 0.761. The van der Waals surface area contributed by atoms with Crippen molar-refractivity contribution in [2.75, 3.05) is 5.75 Å². The number of hydrogen-bond acceptors (Lipinski definition) is 5. The van der Waals surface area contributed by atoms with Crippen molar-refractivity contribution in [2.45, 2.75) is 12.1 Å². The third-order valence-corrected chi connectivity index (χ3v) is 4.62. The number of ketones is 1. The zero-order valence-electron chi connectivity index (χ0n) is 12.3. The Morgan fingerprint density at radius 3 is 2.61 bits per heavy atom. The Morgan fingerprint density at radius 2 is 1.87 bits per heavy atom. The quantitative estimate of drug-likeness (QED) is 0.464. The molecule has 1 aromatic heterocycles. The van der Waals surface area contributed by atoms with Crippen molar-refractivity contribution in [1.82, 2.24) is 10.2 Å². The molecule has 2 aromatic carbocycles. The van der Waals surface area contributed by atoms with Gasteiger partial charge < -0.3 is 4.42 Å². The van der Waals surface area contributed by atoms with E-state index in [1.54, 1.807) is 12.1 Å². The average Bonchev–Trinajstić information content (AvgIpc) is 3.02. The van der Waals surface area contributed by atoms with Crippen molar-refractivity contribution in [3.63, 3.8) is 0 Å². The van der Waals surface area contributed by atoms with Gasteiger partial charge in [0.15, 0.2) is 5.78 Å². The molecule has 0 N–H and O–H groups in total. The van der Waals surface area contributed by atoms with Gasteiger partial charge in [-0.3, -0.25) is 4.79 Å². The first-order chi connectivity index (χ1) is 11.1. The number of rotatable bonds is 5. The van der Waals surface area contributed by atoms with E-state index in [2.05, 4.69) is 26.1 Å². The summed E-state index contributed by atoms with van der Waals surface area (Å²) in [6.45, 7) is 1.99. The maximum absolute atomic E-state index is 12.1. The lowest BCUT2D eigenvalue weighted by Gasteiger charge is -2.00. The van der Waals surface area contributed by atoms with Crippen LogP contribution in [0.5, 0.6) is 0 Å². The van der Waals surface area contributed by atoms with Crippen LogP contribution in [0.3, 0.4) is 0 Å². The highest BCUT2D eigenvalue weighted by Gasteiger charge is 2.13. The van der Waals surface area contributed by atoms with Gasteiger partial charge in [0, 0.05) is 15.6 Å². The minimum absolute atomic E-state index is 0.0261. The molecular formula is C17H13BrN2O2S. The number of nitrogens with zero attached hydrogens (tertiary/aromatic N) is 2. The normalized spacial score (nSPS) is 10.7. The molecule has 3 rings (SSSR count). The number of halogens is 1. The number of benzene rings is 2. The molecule has 3 aromatic rings. The molecule has 23 heavy (non-hydrogen) atoms. The Kier molecular flexibility index (Phi) is 4.93. The zero-order valence-corrected chi connectivity index (χ0v) is 14.7. The summed E-state index contributed by atoms with van der Waals surface area (Å²) in [7, 11) is 0. The van der Waals surface area contributed by atoms with Crippen LogP contribution in [0.15, 0.2) is 62.6 Å². The summed E-state index contributed by atoms with van der Waals surface area (Å²) in [6, 6.07) is 15.1. The Hall–Kier alpha value is -1.92. The predicted molar refractivity (Wildman–Crippen MR) is 93.7 cm³/mol. The van der Waals surface area contributed by atoms with Gasteiger partial charge in [-0.15, -0.1) is 10.2 Å². The molecule has 4 nitrogen and oxygen atoms in total. The van der Waals surface area contributed by atoms with Crippen molar-refractivity contribution >= 4 is 33.5 Å². The first-order valence-electron chi connectivity index (χ1n) is 6.94. The lowest BCUT2D eigenvalue weighted by molar-refractivity contribution is 0.102. The van der Waals surface area contributed by atoms with Crippen LogP contribution in [0.1, 0.15) is 15.9 Å². The number of aromatic nitrogens is 2. The summed E-state index contributed by atoms with van der Waals surface area (Å²) in [4.78, 5) is 12.1. The molecule has 0 aliphatic rings. The van der Waals surface area contributed by atoms with Crippen LogP contribution in [0.25, 0.3) is 11.5 Å². The summed E-state index contributed by atoms with van der Waals surface area (Å²) < 4.78 is 6.58. The third kappa shape index (κ3) is 3.89. The van der Waals surface area contributed by atoms with Crippen molar-refractivity contribution in [2.24, 2.45) is 0 Å². The standard InChI is InChI=1S/C17H13BrN2O2S/c1-11-4-2-3-5-14(11)16-19-20-17(22-16)23-10-15(21)12-6-8-13(18)9-7-12/h2-9H,10H2,1H3. The van der Waals surface area contributed by atoms with Crippen LogP contribution in [0, 0.1) is 6.92 Å². The highest BCUT2D eigenvalue weighted by atomic mass is 79.9. The summed E-state index contributed by atoms with van der Waals surface area (Å²) in [5, 5.41) is 8.45. The third-order valence-electron chi connectivity index (χ3n) is 3.27. The zero-order chi connectivity index (χ0) is 16.2. The van der Waals surface area contributed by atoms with Gasteiger partial charge in [-0.1, -0.05) is 58.0 Å². The van der Waals surface area contributed by atoms with Gasteiger partial charge in [0.05, 0.1) is 5.75 Å². The fourth-order valence-corrected chi connectivity index (χ4v) is 2.96. The Balaban J connectivity index is 1.67. The summed E-state index contributed by atoms with van der Waals surface area (Å²) in [5.41, 5.74) is 2.64.